The van der Waals surface area contributed by atoms with Crippen LogP contribution in [0.4, 0.5) is 0 Å². The molecule has 6 N–H and O–H groups in total. The Morgan fingerprint density at radius 1 is 1.00 bits per heavy atom. The monoisotopic (exact) mass is 486 g/mol. The van der Waals surface area contributed by atoms with Gasteiger partial charge in [0.25, 0.3) is 0 Å². The average Bonchev–Trinajstić information content (AvgIpc) is 3.39. The van der Waals surface area contributed by atoms with E-state index in [9.17, 15) is 40.2 Å². The quantitative estimate of drug-likeness (QED) is 0.238. The molecule has 2 saturated carbocycles. The Balaban J connectivity index is 1.85. The highest BCUT2D eigenvalue weighted by atomic mass is 16.7. The summed E-state index contributed by atoms with van der Waals surface area (Å²) in [4.78, 5) is 25.5. The molecule has 0 amide bonds. The lowest BCUT2D eigenvalue weighted by Crippen LogP contribution is -2.70. The Morgan fingerprint density at radius 2 is 1.65 bits per heavy atom. The summed E-state index contributed by atoms with van der Waals surface area (Å²) in [7, 11) is 0. The number of aliphatic hydroxyl groups excluding tert-OH is 5. The number of ether oxygens (including phenoxy) is 3. The summed E-state index contributed by atoms with van der Waals surface area (Å²) in [5.41, 5.74) is -8.75. The SMILES string of the molecule is CCCC(C)[C@@H]1[C@@H](O)C(O)C23[C@@H](O)C4OC(=O)[C@@H](C(C)C)[C@]4(O)C2(CO)OC2OC(=O)[C@H](O)C213. The number of carbonyl (C=O) groups is 2. The van der Waals surface area contributed by atoms with Crippen molar-refractivity contribution < 1.29 is 54.4 Å². The highest BCUT2D eigenvalue weighted by molar-refractivity contribution is 5.82. The van der Waals surface area contributed by atoms with Crippen LogP contribution in [-0.2, 0) is 23.8 Å². The number of aliphatic hydroxyl groups is 6. The summed E-state index contributed by atoms with van der Waals surface area (Å²) < 4.78 is 17.0. The molecule has 0 aromatic carbocycles. The average molecular weight is 487 g/mol. The first-order chi connectivity index (χ1) is 15.9. The molecule has 0 aromatic rings. The van der Waals surface area contributed by atoms with Crippen molar-refractivity contribution in [3.63, 3.8) is 0 Å². The third kappa shape index (κ3) is 2.05. The molecule has 0 aromatic heterocycles. The molecule has 0 bridgehead atoms. The number of rotatable bonds is 5. The summed E-state index contributed by atoms with van der Waals surface area (Å²) in [5, 5.41) is 69.2. The predicted molar refractivity (Wildman–Crippen MR) is 110 cm³/mol. The summed E-state index contributed by atoms with van der Waals surface area (Å²) in [6.45, 7) is 6.01. The van der Waals surface area contributed by atoms with Crippen molar-refractivity contribution >= 4 is 11.9 Å². The normalized spacial score (nSPS) is 56.2. The van der Waals surface area contributed by atoms with Gasteiger partial charge in [-0.1, -0.05) is 40.5 Å². The van der Waals surface area contributed by atoms with E-state index in [2.05, 4.69) is 0 Å². The zero-order valence-electron chi connectivity index (χ0n) is 19.6. The maximum Gasteiger partial charge on any atom is 0.338 e. The van der Waals surface area contributed by atoms with Crippen LogP contribution in [0.3, 0.4) is 0 Å². The van der Waals surface area contributed by atoms with Crippen LogP contribution in [0, 0.1) is 34.5 Å². The van der Waals surface area contributed by atoms with Crippen LogP contribution < -0.4 is 0 Å². The van der Waals surface area contributed by atoms with Gasteiger partial charge in [-0.15, -0.1) is 0 Å². The van der Waals surface area contributed by atoms with Crippen LogP contribution in [0.25, 0.3) is 0 Å². The fourth-order valence-corrected chi connectivity index (χ4v) is 8.91. The van der Waals surface area contributed by atoms with E-state index in [4.69, 9.17) is 14.2 Å². The third-order valence-electron chi connectivity index (χ3n) is 9.74. The summed E-state index contributed by atoms with van der Waals surface area (Å²) in [6, 6.07) is 0. The van der Waals surface area contributed by atoms with E-state index in [-0.39, 0.29) is 5.92 Å². The van der Waals surface area contributed by atoms with Gasteiger partial charge < -0.3 is 44.8 Å². The third-order valence-corrected chi connectivity index (χ3v) is 9.74. The number of hydrogen-bond donors (Lipinski definition) is 6. The number of fused-ring (bicyclic) bond motifs is 2. The molecular formula is C23H34O11. The molecule has 192 valence electrons. The predicted octanol–water partition coefficient (Wildman–Crippen LogP) is -1.94. The first-order valence-electron chi connectivity index (χ1n) is 12.0. The van der Waals surface area contributed by atoms with Crippen molar-refractivity contribution in [3.8, 4) is 0 Å². The highest BCUT2D eigenvalue weighted by Gasteiger charge is 3.00. The van der Waals surface area contributed by atoms with E-state index in [1.54, 1.807) is 20.8 Å². The van der Waals surface area contributed by atoms with E-state index in [1.807, 2.05) is 6.92 Å². The van der Waals surface area contributed by atoms with Gasteiger partial charge in [0.1, 0.15) is 17.3 Å². The van der Waals surface area contributed by atoms with Gasteiger partial charge in [0, 0.05) is 5.92 Å². The molecule has 5 rings (SSSR count). The van der Waals surface area contributed by atoms with E-state index >= 15 is 0 Å². The zero-order valence-corrected chi connectivity index (χ0v) is 19.6. The van der Waals surface area contributed by atoms with Gasteiger partial charge in [0.05, 0.1) is 35.6 Å². The molecule has 2 spiro atoms. The molecule has 34 heavy (non-hydrogen) atoms. The Labute approximate surface area is 196 Å². The van der Waals surface area contributed by atoms with Crippen LogP contribution in [-0.4, -0.2) is 97.2 Å². The van der Waals surface area contributed by atoms with Gasteiger partial charge in [-0.25, -0.2) is 4.79 Å². The standard InChI is InChI=1S/C23H34O11/c1-5-6-9(4)11-12(25)13(26)22-14(27)16-23(31,10(8(2)3)17(29)32-16)20(22,7-24)34-19-21(11,22)15(28)18(30)33-19/h8-16,19,24-28,31H,5-7H2,1-4H3/t9?,10-,11-,12-,13?,14+,15+,16?,19?,20?,21?,22?,23-/m1/s1. The molecule has 5 aliphatic rings. The Hall–Kier alpha value is -1.34. The molecular weight excluding hydrogens is 452 g/mol. The van der Waals surface area contributed by atoms with Gasteiger partial charge in [0.2, 0.25) is 6.29 Å². The van der Waals surface area contributed by atoms with Crippen LogP contribution in [0.15, 0.2) is 0 Å². The first-order valence-corrected chi connectivity index (χ1v) is 12.0. The second-order valence-corrected chi connectivity index (χ2v) is 11.2. The van der Waals surface area contributed by atoms with Gasteiger partial charge in [0.15, 0.2) is 12.2 Å². The van der Waals surface area contributed by atoms with E-state index < -0.39 is 95.1 Å². The molecule has 3 aliphatic heterocycles. The van der Waals surface area contributed by atoms with E-state index in [0.717, 1.165) is 0 Å². The largest absolute Gasteiger partial charge is 0.456 e. The lowest BCUT2D eigenvalue weighted by Gasteiger charge is -2.51. The lowest BCUT2D eigenvalue weighted by atomic mass is 9.51. The molecule has 7 unspecified atom stereocenters. The Kier molecular flexibility index (Phi) is 5.10. The molecule has 0 radical (unpaired) electrons. The minimum atomic E-state index is -2.35. The topological polar surface area (TPSA) is 183 Å². The van der Waals surface area contributed by atoms with Crippen LogP contribution in [0.2, 0.25) is 0 Å². The molecule has 3 saturated heterocycles. The van der Waals surface area contributed by atoms with Crippen molar-refractivity contribution in [2.45, 2.75) is 88.5 Å². The van der Waals surface area contributed by atoms with Gasteiger partial charge in [-0.3, -0.25) is 4.79 Å². The molecule has 5 fully saturated rings. The van der Waals surface area contributed by atoms with Gasteiger partial charge >= 0.3 is 11.9 Å². The zero-order chi connectivity index (χ0) is 25.2. The minimum absolute atomic E-state index is 0.385. The van der Waals surface area contributed by atoms with Gasteiger partial charge in [-0.2, -0.15) is 0 Å². The second-order valence-electron chi connectivity index (χ2n) is 11.2. The summed E-state index contributed by atoms with van der Waals surface area (Å²) >= 11 is 0. The summed E-state index contributed by atoms with van der Waals surface area (Å²) in [6.07, 6.45) is -9.25. The second kappa shape index (κ2) is 7.12. The Bertz CT molecular complexity index is 909. The van der Waals surface area contributed by atoms with Crippen LogP contribution in [0.5, 0.6) is 0 Å². The fraction of sp³-hybridized carbons (Fsp3) is 0.913. The van der Waals surface area contributed by atoms with Crippen LogP contribution in [0.1, 0.15) is 40.5 Å². The van der Waals surface area contributed by atoms with Crippen molar-refractivity contribution in [1.82, 2.24) is 0 Å². The van der Waals surface area contributed by atoms with Crippen LogP contribution >= 0.6 is 0 Å². The van der Waals surface area contributed by atoms with Crippen molar-refractivity contribution in [2.75, 3.05) is 6.61 Å². The van der Waals surface area contributed by atoms with E-state index in [0.29, 0.717) is 12.8 Å². The maximum atomic E-state index is 12.8. The van der Waals surface area contributed by atoms with Gasteiger partial charge in [-0.05, 0) is 11.8 Å². The highest BCUT2D eigenvalue weighted by Crippen LogP contribution is 2.81. The minimum Gasteiger partial charge on any atom is -0.456 e. The summed E-state index contributed by atoms with van der Waals surface area (Å²) in [5.74, 6) is -5.05. The Morgan fingerprint density at radius 3 is 2.21 bits per heavy atom. The fourth-order valence-electron chi connectivity index (χ4n) is 8.91. The molecule has 11 heteroatoms. The number of esters is 2. The van der Waals surface area contributed by atoms with Crippen molar-refractivity contribution in [1.29, 1.82) is 0 Å². The molecule has 13 atom stereocenters. The lowest BCUT2D eigenvalue weighted by molar-refractivity contribution is -0.269. The molecule has 2 aliphatic carbocycles. The number of hydrogen-bond acceptors (Lipinski definition) is 11. The maximum absolute atomic E-state index is 12.8. The van der Waals surface area contributed by atoms with Crippen molar-refractivity contribution in [2.24, 2.45) is 34.5 Å². The van der Waals surface area contributed by atoms with Crippen molar-refractivity contribution in [3.05, 3.63) is 0 Å². The first kappa shape index (κ1) is 24.4. The smallest absolute Gasteiger partial charge is 0.338 e. The molecule has 11 nitrogen and oxygen atoms in total. The van der Waals surface area contributed by atoms with E-state index in [1.165, 1.54) is 0 Å². The number of carbonyl (C=O) groups excluding carboxylic acids is 2. The molecule has 3 heterocycles.